The minimum absolute atomic E-state index is 0.152. The van der Waals surface area contributed by atoms with Gasteiger partial charge in [0.05, 0.1) is 11.8 Å². The number of halogens is 1. The van der Waals surface area contributed by atoms with Crippen LogP contribution in [0.15, 0.2) is 45.5 Å². The molecule has 2 rings (SSSR count). The lowest BCUT2D eigenvalue weighted by atomic mass is 10.1. The van der Waals surface area contributed by atoms with Crippen molar-refractivity contribution in [2.24, 2.45) is 0 Å². The lowest BCUT2D eigenvalue weighted by Crippen LogP contribution is -2.18. The highest BCUT2D eigenvalue weighted by Crippen LogP contribution is 2.22. The number of rotatable bonds is 6. The zero-order valence-electron chi connectivity index (χ0n) is 11.1. The summed E-state index contributed by atoms with van der Waals surface area (Å²) < 4.78 is 6.04. The van der Waals surface area contributed by atoms with Crippen molar-refractivity contribution < 1.29 is 14.3 Å². The molecule has 2 aromatic rings. The van der Waals surface area contributed by atoms with Gasteiger partial charge in [-0.25, -0.2) is 4.79 Å². The highest BCUT2D eigenvalue weighted by molar-refractivity contribution is 9.10. The SMILES string of the molecule is CC(CCc1ccco1)Nc1ccc(Br)cc1C(=O)O. The largest absolute Gasteiger partial charge is 0.478 e. The number of carbonyl (C=O) groups is 1. The fourth-order valence-electron chi connectivity index (χ4n) is 1.97. The molecule has 2 N–H and O–H groups in total. The van der Waals surface area contributed by atoms with Crippen LogP contribution in [0.25, 0.3) is 0 Å². The van der Waals surface area contributed by atoms with E-state index in [1.807, 2.05) is 25.1 Å². The first-order valence-corrected chi connectivity index (χ1v) is 7.17. The molecule has 4 nitrogen and oxygen atoms in total. The average Bonchev–Trinajstić information content (AvgIpc) is 2.91. The molecule has 1 atom stereocenters. The van der Waals surface area contributed by atoms with Gasteiger partial charge in [0.25, 0.3) is 0 Å². The molecule has 0 saturated carbocycles. The summed E-state index contributed by atoms with van der Waals surface area (Å²) in [6.45, 7) is 2.02. The van der Waals surface area contributed by atoms with Gasteiger partial charge < -0.3 is 14.8 Å². The van der Waals surface area contributed by atoms with Crippen LogP contribution in [0.5, 0.6) is 0 Å². The van der Waals surface area contributed by atoms with E-state index in [0.717, 1.165) is 23.1 Å². The summed E-state index contributed by atoms with van der Waals surface area (Å²) in [4.78, 5) is 11.2. The van der Waals surface area contributed by atoms with Gasteiger partial charge in [-0.2, -0.15) is 0 Å². The Morgan fingerprint density at radius 2 is 2.25 bits per heavy atom. The number of hydrogen-bond donors (Lipinski definition) is 2. The Kier molecular flexibility index (Phi) is 4.84. The summed E-state index contributed by atoms with van der Waals surface area (Å²) in [7, 11) is 0. The van der Waals surface area contributed by atoms with Gasteiger partial charge >= 0.3 is 5.97 Å². The van der Waals surface area contributed by atoms with Crippen molar-refractivity contribution in [3.05, 3.63) is 52.4 Å². The Labute approximate surface area is 125 Å². The molecule has 1 unspecified atom stereocenters. The van der Waals surface area contributed by atoms with E-state index in [-0.39, 0.29) is 11.6 Å². The summed E-state index contributed by atoms with van der Waals surface area (Å²) in [6, 6.07) is 9.16. The van der Waals surface area contributed by atoms with Crippen molar-refractivity contribution in [1.29, 1.82) is 0 Å². The zero-order valence-corrected chi connectivity index (χ0v) is 12.7. The highest BCUT2D eigenvalue weighted by Gasteiger charge is 2.12. The van der Waals surface area contributed by atoms with E-state index in [9.17, 15) is 9.90 Å². The molecule has 0 fully saturated rings. The molecule has 0 radical (unpaired) electrons. The van der Waals surface area contributed by atoms with Crippen LogP contribution in [0.4, 0.5) is 5.69 Å². The number of carboxylic acid groups (broad SMARTS) is 1. The third kappa shape index (κ3) is 3.87. The van der Waals surface area contributed by atoms with Gasteiger partial charge in [0.2, 0.25) is 0 Å². The average molecular weight is 338 g/mol. The van der Waals surface area contributed by atoms with Gasteiger partial charge in [-0.3, -0.25) is 0 Å². The molecule has 1 aromatic heterocycles. The predicted molar refractivity (Wildman–Crippen MR) is 81.2 cm³/mol. The maximum Gasteiger partial charge on any atom is 0.337 e. The van der Waals surface area contributed by atoms with Crippen LogP contribution in [0.1, 0.15) is 29.5 Å². The molecule has 1 aromatic carbocycles. The smallest absolute Gasteiger partial charge is 0.337 e. The third-order valence-corrected chi connectivity index (χ3v) is 3.51. The summed E-state index contributed by atoms with van der Waals surface area (Å²) in [5.74, 6) is -0.0000475. The van der Waals surface area contributed by atoms with E-state index >= 15 is 0 Å². The molecule has 106 valence electrons. The third-order valence-electron chi connectivity index (χ3n) is 3.02. The second-order valence-electron chi connectivity index (χ2n) is 4.66. The number of furan rings is 1. The topological polar surface area (TPSA) is 62.5 Å². The normalized spacial score (nSPS) is 12.1. The lowest BCUT2D eigenvalue weighted by Gasteiger charge is -2.16. The fraction of sp³-hybridized carbons (Fsp3) is 0.267. The van der Waals surface area contributed by atoms with Crippen LogP contribution < -0.4 is 5.32 Å². The van der Waals surface area contributed by atoms with E-state index < -0.39 is 5.97 Å². The van der Waals surface area contributed by atoms with Crippen molar-refractivity contribution in [1.82, 2.24) is 0 Å². The van der Waals surface area contributed by atoms with Crippen LogP contribution >= 0.6 is 15.9 Å². The summed E-state index contributed by atoms with van der Waals surface area (Å²) in [6.07, 6.45) is 3.34. The molecule has 20 heavy (non-hydrogen) atoms. The van der Waals surface area contributed by atoms with Crippen molar-refractivity contribution >= 4 is 27.6 Å². The Morgan fingerprint density at radius 3 is 2.90 bits per heavy atom. The van der Waals surface area contributed by atoms with Crippen LogP contribution in [-0.2, 0) is 6.42 Å². The molecule has 0 saturated heterocycles. The van der Waals surface area contributed by atoms with Gasteiger partial charge in [-0.15, -0.1) is 0 Å². The quantitative estimate of drug-likeness (QED) is 0.830. The van der Waals surface area contributed by atoms with Crippen LogP contribution in [0.2, 0.25) is 0 Å². The Morgan fingerprint density at radius 1 is 1.45 bits per heavy atom. The monoisotopic (exact) mass is 337 g/mol. The zero-order chi connectivity index (χ0) is 14.5. The first-order valence-electron chi connectivity index (χ1n) is 6.38. The molecule has 0 aliphatic carbocycles. The first kappa shape index (κ1) is 14.7. The van der Waals surface area contributed by atoms with E-state index in [2.05, 4.69) is 21.2 Å². The van der Waals surface area contributed by atoms with Crippen LogP contribution in [-0.4, -0.2) is 17.1 Å². The molecule has 0 aliphatic heterocycles. The Hall–Kier alpha value is -1.75. The molecular weight excluding hydrogens is 322 g/mol. The Bertz CT molecular complexity index is 581. The van der Waals surface area contributed by atoms with Crippen LogP contribution in [0, 0.1) is 0 Å². The molecule has 0 aliphatic rings. The summed E-state index contributed by atoms with van der Waals surface area (Å²) in [5, 5.41) is 12.4. The van der Waals surface area contributed by atoms with Crippen molar-refractivity contribution in [3.8, 4) is 0 Å². The molecular formula is C15H16BrNO3. The standard InChI is InChI=1S/C15H16BrNO3/c1-10(4-6-12-3-2-8-20-12)17-14-7-5-11(16)9-13(14)15(18)19/h2-3,5,7-10,17H,4,6H2,1H3,(H,18,19). The molecule has 5 heteroatoms. The minimum atomic E-state index is -0.938. The second kappa shape index (κ2) is 6.61. The first-order chi connectivity index (χ1) is 9.56. The maximum atomic E-state index is 11.2. The molecule has 0 amide bonds. The van der Waals surface area contributed by atoms with E-state index in [4.69, 9.17) is 4.42 Å². The van der Waals surface area contributed by atoms with Crippen molar-refractivity contribution in [3.63, 3.8) is 0 Å². The van der Waals surface area contributed by atoms with Gasteiger partial charge in [0, 0.05) is 22.6 Å². The number of nitrogens with one attached hydrogen (secondary N) is 1. The molecule has 1 heterocycles. The molecule has 0 bridgehead atoms. The Balaban J connectivity index is 2.00. The van der Waals surface area contributed by atoms with E-state index in [0.29, 0.717) is 5.69 Å². The van der Waals surface area contributed by atoms with Gasteiger partial charge in [0.15, 0.2) is 0 Å². The molecule has 0 spiro atoms. The van der Waals surface area contributed by atoms with Gasteiger partial charge in [0.1, 0.15) is 5.76 Å². The summed E-state index contributed by atoms with van der Waals surface area (Å²) in [5.41, 5.74) is 0.900. The van der Waals surface area contributed by atoms with Gasteiger partial charge in [-0.1, -0.05) is 15.9 Å². The van der Waals surface area contributed by atoms with E-state index in [1.165, 1.54) is 0 Å². The number of anilines is 1. The number of benzene rings is 1. The maximum absolute atomic E-state index is 11.2. The van der Waals surface area contributed by atoms with Crippen molar-refractivity contribution in [2.45, 2.75) is 25.8 Å². The summed E-state index contributed by atoms with van der Waals surface area (Å²) >= 11 is 3.28. The lowest BCUT2D eigenvalue weighted by molar-refractivity contribution is 0.0698. The van der Waals surface area contributed by atoms with Crippen molar-refractivity contribution in [2.75, 3.05) is 5.32 Å². The number of aryl methyl sites for hydroxylation is 1. The minimum Gasteiger partial charge on any atom is -0.478 e. The van der Waals surface area contributed by atoms with Crippen LogP contribution in [0.3, 0.4) is 0 Å². The van der Waals surface area contributed by atoms with Gasteiger partial charge in [-0.05, 0) is 43.7 Å². The van der Waals surface area contributed by atoms with E-state index in [1.54, 1.807) is 18.4 Å². The number of hydrogen-bond acceptors (Lipinski definition) is 3. The highest BCUT2D eigenvalue weighted by atomic mass is 79.9. The fourth-order valence-corrected chi connectivity index (χ4v) is 2.33. The number of carboxylic acids is 1. The number of aromatic carboxylic acids is 1. The second-order valence-corrected chi connectivity index (χ2v) is 5.57. The predicted octanol–water partition coefficient (Wildman–Crippen LogP) is 4.17.